The monoisotopic (exact) mass is 410 g/mol. The second-order valence-corrected chi connectivity index (χ2v) is 9.51. The van der Waals surface area contributed by atoms with Gasteiger partial charge in [-0.25, -0.2) is 13.2 Å². The molecular formula is C20H30N2O5S. The molecule has 0 heterocycles. The van der Waals surface area contributed by atoms with Gasteiger partial charge in [-0.15, -0.1) is 0 Å². The zero-order valence-corrected chi connectivity index (χ0v) is 17.5. The van der Waals surface area contributed by atoms with Crippen molar-refractivity contribution in [1.29, 1.82) is 0 Å². The van der Waals surface area contributed by atoms with Gasteiger partial charge in [0.2, 0.25) is 10.0 Å². The summed E-state index contributed by atoms with van der Waals surface area (Å²) in [4.78, 5) is 24.0. The molecule has 0 radical (unpaired) electrons. The second-order valence-electron chi connectivity index (χ2n) is 7.52. The highest BCUT2D eigenvalue weighted by Crippen LogP contribution is 2.26. The number of carbonyl (C=O) groups excluding carboxylic acids is 1. The molecule has 1 aliphatic carbocycles. The van der Waals surface area contributed by atoms with E-state index in [-0.39, 0.29) is 22.4 Å². The van der Waals surface area contributed by atoms with Crippen LogP contribution < -0.4 is 5.32 Å². The molecule has 156 valence electrons. The number of nitrogens with one attached hydrogen (secondary N) is 1. The molecule has 0 spiro atoms. The molecule has 1 fully saturated rings. The first-order chi connectivity index (χ1) is 13.2. The van der Waals surface area contributed by atoms with Gasteiger partial charge in [0, 0.05) is 18.7 Å². The van der Waals surface area contributed by atoms with Crippen LogP contribution in [-0.4, -0.2) is 48.8 Å². The second kappa shape index (κ2) is 9.52. The van der Waals surface area contributed by atoms with Crippen molar-refractivity contribution < 1.29 is 23.1 Å². The first kappa shape index (κ1) is 22.4. The Balaban J connectivity index is 2.22. The average Bonchev–Trinajstić information content (AvgIpc) is 2.71. The van der Waals surface area contributed by atoms with E-state index >= 15 is 0 Å². The summed E-state index contributed by atoms with van der Waals surface area (Å²) in [6, 6.07) is 4.73. The quantitative estimate of drug-likeness (QED) is 0.686. The van der Waals surface area contributed by atoms with Crippen LogP contribution >= 0.6 is 0 Å². The number of rotatable bonds is 8. The number of carboxylic acids is 1. The molecule has 1 aromatic carbocycles. The molecule has 2 rings (SSSR count). The number of nitrogens with zero attached hydrogens (tertiary/aromatic N) is 1. The third-order valence-electron chi connectivity index (χ3n) is 5.63. The van der Waals surface area contributed by atoms with E-state index in [2.05, 4.69) is 5.32 Å². The highest BCUT2D eigenvalue weighted by atomic mass is 32.2. The number of hydrogen-bond acceptors (Lipinski definition) is 4. The fraction of sp³-hybridized carbons (Fsp3) is 0.600. The maximum Gasteiger partial charge on any atom is 0.326 e. The van der Waals surface area contributed by atoms with Gasteiger partial charge in [0.15, 0.2) is 0 Å². The van der Waals surface area contributed by atoms with Crippen LogP contribution in [0.2, 0.25) is 0 Å². The molecule has 0 saturated heterocycles. The molecule has 1 amide bonds. The Kier molecular flexibility index (Phi) is 7.60. The summed E-state index contributed by atoms with van der Waals surface area (Å²) in [5, 5.41) is 11.9. The summed E-state index contributed by atoms with van der Waals surface area (Å²) in [5.41, 5.74) is 0.132. The Labute approximate surface area is 167 Å². The number of hydrogen-bond donors (Lipinski definition) is 2. The molecule has 8 heteroatoms. The van der Waals surface area contributed by atoms with Crippen molar-refractivity contribution in [1.82, 2.24) is 9.62 Å². The molecule has 0 aromatic heterocycles. The van der Waals surface area contributed by atoms with Crippen molar-refractivity contribution in [3.8, 4) is 0 Å². The number of carbonyl (C=O) groups is 2. The Morgan fingerprint density at radius 1 is 1.25 bits per heavy atom. The molecule has 0 bridgehead atoms. The first-order valence-corrected chi connectivity index (χ1v) is 11.2. The van der Waals surface area contributed by atoms with Gasteiger partial charge in [0.25, 0.3) is 5.91 Å². The topological polar surface area (TPSA) is 104 Å². The third-order valence-corrected chi connectivity index (χ3v) is 7.53. The van der Waals surface area contributed by atoms with Crippen molar-refractivity contribution in [2.75, 3.05) is 7.05 Å². The van der Waals surface area contributed by atoms with Crippen LogP contribution in [0.3, 0.4) is 0 Å². The Morgan fingerprint density at radius 3 is 2.46 bits per heavy atom. The van der Waals surface area contributed by atoms with Crippen molar-refractivity contribution >= 4 is 21.9 Å². The predicted octanol–water partition coefficient (Wildman–Crippen LogP) is 2.87. The standard InChI is InChI=1S/C20H30N2O5S/c1-4-14(2)18(20(24)25)21-19(23)15-9-8-12-17(13-15)28(26,27)22(3)16-10-6-5-7-11-16/h8-9,12-14,16,18H,4-7,10-11H2,1-3H3,(H,21,23)(H,24,25)/t14-,18-/m0/s1. The summed E-state index contributed by atoms with van der Waals surface area (Å²) in [6.45, 7) is 3.60. The fourth-order valence-corrected chi connectivity index (χ4v) is 4.97. The van der Waals surface area contributed by atoms with Crippen molar-refractivity contribution in [2.45, 2.75) is 69.4 Å². The molecule has 28 heavy (non-hydrogen) atoms. The van der Waals surface area contributed by atoms with Gasteiger partial charge < -0.3 is 10.4 Å². The maximum absolute atomic E-state index is 13.0. The summed E-state index contributed by atoms with van der Waals surface area (Å²) in [5.74, 6) is -1.95. The third kappa shape index (κ3) is 5.11. The highest BCUT2D eigenvalue weighted by Gasteiger charge is 2.30. The van der Waals surface area contributed by atoms with Gasteiger partial charge in [-0.05, 0) is 37.0 Å². The number of amides is 1. The molecule has 1 saturated carbocycles. The average molecular weight is 411 g/mol. The number of aliphatic carboxylic acids is 1. The Hall–Kier alpha value is -1.93. The van der Waals surface area contributed by atoms with Crippen LogP contribution in [0.4, 0.5) is 0 Å². The molecule has 0 aliphatic heterocycles. The molecule has 1 aromatic rings. The van der Waals surface area contributed by atoms with Crippen molar-refractivity contribution in [3.63, 3.8) is 0 Å². The van der Waals surface area contributed by atoms with Gasteiger partial charge in [-0.3, -0.25) is 4.79 Å². The zero-order chi connectivity index (χ0) is 20.9. The molecular weight excluding hydrogens is 380 g/mol. The van der Waals surface area contributed by atoms with Gasteiger partial charge in [-0.1, -0.05) is 45.6 Å². The van der Waals surface area contributed by atoms with Crippen molar-refractivity contribution in [3.05, 3.63) is 29.8 Å². The smallest absolute Gasteiger partial charge is 0.326 e. The van der Waals surface area contributed by atoms with E-state index in [0.29, 0.717) is 6.42 Å². The first-order valence-electron chi connectivity index (χ1n) is 9.80. The molecule has 2 atom stereocenters. The lowest BCUT2D eigenvalue weighted by atomic mass is 9.96. The van der Waals surface area contributed by atoms with E-state index in [4.69, 9.17) is 0 Å². The van der Waals surface area contributed by atoms with E-state index in [0.717, 1.165) is 32.1 Å². The lowest BCUT2D eigenvalue weighted by Crippen LogP contribution is -2.45. The van der Waals surface area contributed by atoms with Crippen LogP contribution in [0.25, 0.3) is 0 Å². The fourth-order valence-electron chi connectivity index (χ4n) is 3.51. The normalized spacial score (nSPS) is 17.9. The number of sulfonamides is 1. The lowest BCUT2D eigenvalue weighted by molar-refractivity contribution is -0.140. The van der Waals surface area contributed by atoms with Crippen molar-refractivity contribution in [2.24, 2.45) is 5.92 Å². The molecule has 0 unspecified atom stereocenters. The van der Waals surface area contributed by atoms with Crippen LogP contribution in [0.5, 0.6) is 0 Å². The summed E-state index contributed by atoms with van der Waals surface area (Å²) in [6.07, 6.45) is 5.42. The lowest BCUT2D eigenvalue weighted by Gasteiger charge is -2.30. The summed E-state index contributed by atoms with van der Waals surface area (Å²) in [7, 11) is -2.14. The number of carboxylic acid groups (broad SMARTS) is 1. The SMILES string of the molecule is CC[C@H](C)[C@H](NC(=O)c1cccc(S(=O)(=O)N(C)C2CCCCC2)c1)C(=O)O. The number of benzene rings is 1. The minimum Gasteiger partial charge on any atom is -0.480 e. The van der Waals surface area contributed by atoms with Gasteiger partial charge in [0.05, 0.1) is 4.90 Å². The molecule has 1 aliphatic rings. The minimum absolute atomic E-state index is 0.0296. The summed E-state index contributed by atoms with van der Waals surface area (Å²) < 4.78 is 27.4. The van der Waals surface area contributed by atoms with Gasteiger partial charge in [0.1, 0.15) is 6.04 Å². The van der Waals surface area contributed by atoms with Crippen LogP contribution in [0, 0.1) is 5.92 Å². The van der Waals surface area contributed by atoms with E-state index < -0.39 is 27.9 Å². The molecule has 7 nitrogen and oxygen atoms in total. The minimum atomic E-state index is -3.72. The van der Waals surface area contributed by atoms with Gasteiger partial charge >= 0.3 is 5.97 Å². The van der Waals surface area contributed by atoms with Crippen LogP contribution in [0.15, 0.2) is 29.2 Å². The van der Waals surface area contributed by atoms with Crippen LogP contribution in [-0.2, 0) is 14.8 Å². The maximum atomic E-state index is 13.0. The van der Waals surface area contributed by atoms with Gasteiger partial charge in [-0.2, -0.15) is 4.31 Å². The largest absolute Gasteiger partial charge is 0.480 e. The Morgan fingerprint density at radius 2 is 1.89 bits per heavy atom. The molecule has 2 N–H and O–H groups in total. The zero-order valence-electron chi connectivity index (χ0n) is 16.7. The summed E-state index contributed by atoms with van der Waals surface area (Å²) >= 11 is 0. The Bertz CT molecular complexity index is 803. The van der Waals surface area contributed by atoms with E-state index in [1.165, 1.54) is 28.6 Å². The van der Waals surface area contributed by atoms with Crippen LogP contribution in [0.1, 0.15) is 62.7 Å². The highest BCUT2D eigenvalue weighted by molar-refractivity contribution is 7.89. The van der Waals surface area contributed by atoms with E-state index in [1.807, 2.05) is 6.92 Å². The predicted molar refractivity (Wildman–Crippen MR) is 107 cm³/mol. The van der Waals surface area contributed by atoms with E-state index in [1.54, 1.807) is 14.0 Å². The van der Waals surface area contributed by atoms with E-state index in [9.17, 15) is 23.1 Å².